The molecule has 3 heterocycles. The highest BCUT2D eigenvalue weighted by molar-refractivity contribution is 6.24. The van der Waals surface area contributed by atoms with Crippen LogP contribution in [0.15, 0.2) is 126 Å². The molecule has 3 nitrogen and oxygen atoms in total. The van der Waals surface area contributed by atoms with E-state index in [0.717, 1.165) is 50.1 Å². The molecule has 0 unspecified atom stereocenters. The second-order valence-electron chi connectivity index (χ2n) is 10.2. The smallest absolute Gasteiger partial charge is 0.137 e. The van der Waals surface area contributed by atoms with E-state index in [2.05, 4.69) is 132 Å². The van der Waals surface area contributed by atoms with Crippen LogP contribution in [0.4, 0.5) is 0 Å². The van der Waals surface area contributed by atoms with Crippen LogP contribution < -0.4 is 0 Å². The van der Waals surface area contributed by atoms with Crippen molar-refractivity contribution >= 4 is 66.8 Å². The Morgan fingerprint density at radius 3 is 2.10 bits per heavy atom. The van der Waals surface area contributed by atoms with Crippen LogP contribution in [0.25, 0.3) is 78.2 Å². The van der Waals surface area contributed by atoms with Gasteiger partial charge in [0.05, 0.1) is 22.2 Å². The molecule has 0 aliphatic rings. The SMILES string of the molecule is C=Cc1c(/C=C\C)n(-c2ccc3c(c2)oc2ccccc23)c2ccc3c(c4ccccc4n3-c3ccccc3)c12. The highest BCUT2D eigenvalue weighted by Gasteiger charge is 2.22. The molecule has 3 heteroatoms. The molecule has 0 radical (unpaired) electrons. The first-order valence-electron chi connectivity index (χ1n) is 13.6. The molecule has 0 saturated heterocycles. The highest BCUT2D eigenvalue weighted by Crippen LogP contribution is 2.42. The third kappa shape index (κ3) is 3.06. The summed E-state index contributed by atoms with van der Waals surface area (Å²) in [5.41, 5.74) is 9.74. The lowest BCUT2D eigenvalue weighted by Gasteiger charge is -2.10. The van der Waals surface area contributed by atoms with Gasteiger partial charge in [0.1, 0.15) is 11.2 Å². The van der Waals surface area contributed by atoms with Gasteiger partial charge in [-0.3, -0.25) is 0 Å². The predicted molar refractivity (Wildman–Crippen MR) is 170 cm³/mol. The molecule has 190 valence electrons. The van der Waals surface area contributed by atoms with Gasteiger partial charge in [-0.25, -0.2) is 0 Å². The Hall–Kier alpha value is -5.28. The number of nitrogens with zero attached hydrogens (tertiary/aromatic N) is 2. The van der Waals surface area contributed by atoms with Crippen LogP contribution in [0.3, 0.4) is 0 Å². The van der Waals surface area contributed by atoms with Crippen LogP contribution in [0.2, 0.25) is 0 Å². The Balaban J connectivity index is 1.52. The van der Waals surface area contributed by atoms with Gasteiger partial charge >= 0.3 is 0 Å². The number of benzene rings is 5. The van der Waals surface area contributed by atoms with Gasteiger partial charge in [0.2, 0.25) is 0 Å². The summed E-state index contributed by atoms with van der Waals surface area (Å²) in [6.45, 7) is 6.35. The second kappa shape index (κ2) is 8.62. The summed E-state index contributed by atoms with van der Waals surface area (Å²) in [5, 5.41) is 5.93. The number of para-hydroxylation sites is 3. The Bertz CT molecular complexity index is 2290. The number of fused-ring (bicyclic) bond motifs is 8. The average molecular weight is 515 g/mol. The van der Waals surface area contributed by atoms with Gasteiger partial charge in [0.15, 0.2) is 0 Å². The molecule has 3 aromatic heterocycles. The first-order chi connectivity index (χ1) is 19.8. The lowest BCUT2D eigenvalue weighted by Crippen LogP contribution is -1.97. The van der Waals surface area contributed by atoms with Crippen molar-refractivity contribution in [3.05, 3.63) is 133 Å². The summed E-state index contributed by atoms with van der Waals surface area (Å²) in [4.78, 5) is 0. The summed E-state index contributed by atoms with van der Waals surface area (Å²) in [6, 6.07) is 38.5. The number of aromatic nitrogens is 2. The third-order valence-electron chi connectivity index (χ3n) is 8.01. The molecule has 0 bridgehead atoms. The summed E-state index contributed by atoms with van der Waals surface area (Å²) in [7, 11) is 0. The van der Waals surface area contributed by atoms with Crippen molar-refractivity contribution in [1.29, 1.82) is 0 Å². The van der Waals surface area contributed by atoms with Crippen molar-refractivity contribution in [2.45, 2.75) is 6.92 Å². The average Bonchev–Trinajstić information content (AvgIpc) is 3.64. The van der Waals surface area contributed by atoms with E-state index < -0.39 is 0 Å². The molecule has 8 aromatic rings. The van der Waals surface area contributed by atoms with Crippen molar-refractivity contribution in [1.82, 2.24) is 9.13 Å². The Morgan fingerprint density at radius 1 is 0.600 bits per heavy atom. The lowest BCUT2D eigenvalue weighted by molar-refractivity contribution is 0.668. The molecule has 0 amide bonds. The zero-order valence-corrected chi connectivity index (χ0v) is 22.1. The molecule has 0 saturated carbocycles. The molecule has 0 fully saturated rings. The standard InChI is InChI=1S/C37H26N2O/c1-3-12-30-26(4-2)36-32(39(30)25-19-20-28-27-15-9-11-18-34(27)40-35(28)23-25)21-22-33-37(36)29-16-8-10-17-31(29)38(33)24-13-6-5-7-14-24/h3-23H,2H2,1H3/b12-3-. The van der Waals surface area contributed by atoms with E-state index >= 15 is 0 Å². The fourth-order valence-electron chi connectivity index (χ4n) is 6.40. The number of allylic oxidation sites excluding steroid dienone is 1. The molecular weight excluding hydrogens is 488 g/mol. The summed E-state index contributed by atoms with van der Waals surface area (Å²) in [5.74, 6) is 0. The van der Waals surface area contributed by atoms with Crippen LogP contribution in [0.1, 0.15) is 18.2 Å². The van der Waals surface area contributed by atoms with Crippen LogP contribution in [-0.2, 0) is 0 Å². The fraction of sp³-hybridized carbons (Fsp3) is 0.0270. The zero-order valence-electron chi connectivity index (χ0n) is 22.1. The van der Waals surface area contributed by atoms with Crippen molar-refractivity contribution in [3.8, 4) is 11.4 Å². The zero-order chi connectivity index (χ0) is 26.8. The van der Waals surface area contributed by atoms with E-state index in [9.17, 15) is 0 Å². The number of rotatable bonds is 4. The van der Waals surface area contributed by atoms with Crippen molar-refractivity contribution in [2.24, 2.45) is 0 Å². The molecule has 5 aromatic carbocycles. The van der Waals surface area contributed by atoms with Gasteiger partial charge in [-0.2, -0.15) is 0 Å². The van der Waals surface area contributed by atoms with E-state index in [4.69, 9.17) is 4.42 Å². The molecule has 8 rings (SSSR count). The lowest BCUT2D eigenvalue weighted by atomic mass is 10.0. The van der Waals surface area contributed by atoms with Crippen LogP contribution in [0.5, 0.6) is 0 Å². The first-order valence-corrected chi connectivity index (χ1v) is 13.6. The summed E-state index contributed by atoms with van der Waals surface area (Å²) < 4.78 is 11.0. The predicted octanol–water partition coefficient (Wildman–Crippen LogP) is 10.3. The van der Waals surface area contributed by atoms with Crippen LogP contribution >= 0.6 is 0 Å². The van der Waals surface area contributed by atoms with Gasteiger partial charge in [0, 0.05) is 49.9 Å². The Labute approximate surface area is 231 Å². The Morgan fingerprint density at radius 2 is 1.30 bits per heavy atom. The first kappa shape index (κ1) is 22.7. The minimum absolute atomic E-state index is 0.883. The van der Waals surface area contributed by atoms with E-state index in [0.29, 0.717) is 0 Å². The maximum Gasteiger partial charge on any atom is 0.137 e. The maximum absolute atomic E-state index is 6.28. The van der Waals surface area contributed by atoms with Crippen molar-refractivity contribution in [2.75, 3.05) is 0 Å². The molecular formula is C37H26N2O. The summed E-state index contributed by atoms with van der Waals surface area (Å²) in [6.07, 6.45) is 6.28. The molecule has 0 spiro atoms. The quantitative estimate of drug-likeness (QED) is 0.229. The van der Waals surface area contributed by atoms with Crippen LogP contribution in [-0.4, -0.2) is 9.13 Å². The van der Waals surface area contributed by atoms with Gasteiger partial charge in [-0.05, 0) is 61.5 Å². The minimum Gasteiger partial charge on any atom is -0.456 e. The molecule has 0 N–H and O–H groups in total. The number of hydrogen-bond acceptors (Lipinski definition) is 1. The maximum atomic E-state index is 6.28. The van der Waals surface area contributed by atoms with Crippen LogP contribution in [0, 0.1) is 0 Å². The minimum atomic E-state index is 0.883. The van der Waals surface area contributed by atoms with Gasteiger partial charge in [-0.1, -0.05) is 73.3 Å². The highest BCUT2D eigenvalue weighted by atomic mass is 16.3. The fourth-order valence-corrected chi connectivity index (χ4v) is 6.40. The number of furan rings is 1. The van der Waals surface area contributed by atoms with Gasteiger partial charge in [0.25, 0.3) is 0 Å². The molecule has 0 aliphatic carbocycles. The van der Waals surface area contributed by atoms with E-state index in [1.54, 1.807) is 0 Å². The normalized spacial score (nSPS) is 12.1. The third-order valence-corrected chi connectivity index (χ3v) is 8.01. The van der Waals surface area contributed by atoms with E-state index in [1.165, 1.54) is 27.2 Å². The second-order valence-corrected chi connectivity index (χ2v) is 10.2. The number of hydrogen-bond donors (Lipinski definition) is 0. The monoisotopic (exact) mass is 514 g/mol. The largest absolute Gasteiger partial charge is 0.456 e. The van der Waals surface area contributed by atoms with Gasteiger partial charge in [-0.15, -0.1) is 0 Å². The molecule has 0 atom stereocenters. The summed E-state index contributed by atoms with van der Waals surface area (Å²) >= 11 is 0. The Kier molecular flexibility index (Phi) is 4.89. The van der Waals surface area contributed by atoms with Gasteiger partial charge < -0.3 is 13.6 Å². The molecule has 40 heavy (non-hydrogen) atoms. The van der Waals surface area contributed by atoms with Crippen molar-refractivity contribution in [3.63, 3.8) is 0 Å². The van der Waals surface area contributed by atoms with E-state index in [1.807, 2.05) is 18.2 Å². The van der Waals surface area contributed by atoms with Crippen molar-refractivity contribution < 1.29 is 4.42 Å². The topological polar surface area (TPSA) is 23.0 Å². The molecule has 0 aliphatic heterocycles. The van der Waals surface area contributed by atoms with E-state index in [-0.39, 0.29) is 0 Å².